The Bertz CT molecular complexity index is 1280. The van der Waals surface area contributed by atoms with Gasteiger partial charge in [0.05, 0.1) is 22.0 Å². The van der Waals surface area contributed by atoms with Crippen LogP contribution >= 0.6 is 23.4 Å². The molecule has 33 heavy (non-hydrogen) atoms. The predicted octanol–water partition coefficient (Wildman–Crippen LogP) is 5.72. The second-order valence-corrected chi connectivity index (χ2v) is 8.55. The first-order chi connectivity index (χ1) is 15.8. The number of carboxylic acid groups (broad SMARTS) is 1. The van der Waals surface area contributed by atoms with Crippen molar-refractivity contribution in [3.05, 3.63) is 81.4 Å². The summed E-state index contributed by atoms with van der Waals surface area (Å²) in [5, 5.41) is 9.18. The molecule has 3 aromatic rings. The molecule has 0 radical (unpaired) electrons. The van der Waals surface area contributed by atoms with Crippen LogP contribution in [-0.2, 0) is 4.79 Å². The molecule has 1 N–H and O–H groups in total. The van der Waals surface area contributed by atoms with Crippen LogP contribution in [0.5, 0.6) is 5.75 Å². The lowest BCUT2D eigenvalue weighted by atomic mass is 10.0. The monoisotopic (exact) mass is 483 g/mol. The van der Waals surface area contributed by atoms with E-state index in [-0.39, 0.29) is 28.9 Å². The Balaban J connectivity index is 1.44. The zero-order valence-corrected chi connectivity index (χ0v) is 19.0. The van der Waals surface area contributed by atoms with E-state index in [1.807, 2.05) is 0 Å². The number of benzene rings is 2. The van der Waals surface area contributed by atoms with Gasteiger partial charge in [0.25, 0.3) is 11.1 Å². The van der Waals surface area contributed by atoms with Crippen LogP contribution in [0.2, 0.25) is 5.02 Å². The first-order valence-electron chi connectivity index (χ1n) is 9.90. The van der Waals surface area contributed by atoms with Gasteiger partial charge in [0.15, 0.2) is 0 Å². The number of thioether (sulfide) groups is 1. The van der Waals surface area contributed by atoms with Gasteiger partial charge in [-0.25, -0.2) is 4.79 Å². The van der Waals surface area contributed by atoms with Crippen LogP contribution in [0.25, 0.3) is 17.4 Å². The molecule has 0 spiro atoms. The number of carbonyl (C=O) groups excluding carboxylic acids is 2. The first kappa shape index (κ1) is 22.7. The lowest BCUT2D eigenvalue weighted by molar-refractivity contribution is -0.123. The zero-order valence-electron chi connectivity index (χ0n) is 17.4. The highest BCUT2D eigenvalue weighted by atomic mass is 35.5. The molecule has 0 atom stereocenters. The molecule has 1 aliphatic heterocycles. The number of imide groups is 1. The fourth-order valence-corrected chi connectivity index (χ4v) is 4.31. The van der Waals surface area contributed by atoms with E-state index in [1.165, 1.54) is 12.1 Å². The van der Waals surface area contributed by atoms with Gasteiger partial charge in [-0.15, -0.1) is 0 Å². The van der Waals surface area contributed by atoms with E-state index in [9.17, 15) is 14.4 Å². The van der Waals surface area contributed by atoms with Crippen LogP contribution in [0, 0.1) is 6.92 Å². The standard InChI is InChI=1S/C24H18ClNO6S/c1-14-12-15(23(28)29)6-8-17(14)19-9-7-16(32-19)13-21-22(27)26(24(30)33-21)10-11-31-20-5-3-2-4-18(20)25/h2-9,12-13H,10-11H2,1H3,(H,28,29)/b21-13-. The quantitative estimate of drug-likeness (QED) is 0.429. The highest BCUT2D eigenvalue weighted by Crippen LogP contribution is 2.34. The van der Waals surface area contributed by atoms with Crippen molar-refractivity contribution in [3.8, 4) is 17.1 Å². The maximum absolute atomic E-state index is 12.7. The van der Waals surface area contributed by atoms with Crippen LogP contribution in [0.4, 0.5) is 4.79 Å². The molecule has 7 nitrogen and oxygen atoms in total. The van der Waals surface area contributed by atoms with Gasteiger partial charge >= 0.3 is 5.97 Å². The van der Waals surface area contributed by atoms with Gasteiger partial charge < -0.3 is 14.3 Å². The summed E-state index contributed by atoms with van der Waals surface area (Å²) in [7, 11) is 0. The molecule has 1 saturated heterocycles. The van der Waals surface area contributed by atoms with E-state index in [0.29, 0.717) is 22.3 Å². The maximum atomic E-state index is 12.7. The van der Waals surface area contributed by atoms with Gasteiger partial charge in [-0.1, -0.05) is 29.8 Å². The molecule has 2 aromatic carbocycles. The average Bonchev–Trinajstić information content (AvgIpc) is 3.34. The Hall–Kier alpha value is -3.49. The fourth-order valence-electron chi connectivity index (χ4n) is 3.28. The third-order valence-corrected chi connectivity index (χ3v) is 6.14. The van der Waals surface area contributed by atoms with Crippen molar-refractivity contribution in [1.29, 1.82) is 0 Å². The second kappa shape index (κ2) is 9.56. The normalized spacial score (nSPS) is 14.8. The molecular weight excluding hydrogens is 466 g/mol. The summed E-state index contributed by atoms with van der Waals surface area (Å²) in [4.78, 5) is 37.5. The van der Waals surface area contributed by atoms with Crippen LogP contribution in [0.15, 0.2) is 63.9 Å². The van der Waals surface area contributed by atoms with Crippen LogP contribution < -0.4 is 4.74 Å². The molecule has 168 valence electrons. The smallest absolute Gasteiger partial charge is 0.335 e. The SMILES string of the molecule is Cc1cc(C(=O)O)ccc1-c1ccc(/C=C2\SC(=O)N(CCOc3ccccc3Cl)C2=O)o1. The number of carboxylic acids is 1. The summed E-state index contributed by atoms with van der Waals surface area (Å²) < 4.78 is 11.4. The highest BCUT2D eigenvalue weighted by molar-refractivity contribution is 8.18. The molecule has 0 saturated carbocycles. The fraction of sp³-hybridized carbons (Fsp3) is 0.125. The predicted molar refractivity (Wildman–Crippen MR) is 125 cm³/mol. The van der Waals surface area contributed by atoms with Crippen molar-refractivity contribution in [2.24, 2.45) is 0 Å². The third-order valence-electron chi connectivity index (χ3n) is 4.92. The third kappa shape index (κ3) is 4.97. The van der Waals surface area contributed by atoms with E-state index in [4.69, 9.17) is 25.9 Å². The number of aromatic carboxylic acids is 1. The van der Waals surface area contributed by atoms with E-state index in [2.05, 4.69) is 0 Å². The van der Waals surface area contributed by atoms with Crippen LogP contribution in [0.1, 0.15) is 21.7 Å². The van der Waals surface area contributed by atoms with Crippen molar-refractivity contribution in [1.82, 2.24) is 4.90 Å². The number of amides is 2. The number of ether oxygens (including phenoxy) is 1. The first-order valence-corrected chi connectivity index (χ1v) is 11.1. The molecule has 1 fully saturated rings. The minimum absolute atomic E-state index is 0.0890. The molecule has 4 rings (SSSR count). The van der Waals surface area contributed by atoms with Crippen LogP contribution in [-0.4, -0.2) is 40.3 Å². The van der Waals surface area contributed by atoms with Crippen molar-refractivity contribution in [2.45, 2.75) is 6.92 Å². The summed E-state index contributed by atoms with van der Waals surface area (Å²) in [6.45, 7) is 2.00. The second-order valence-electron chi connectivity index (χ2n) is 7.15. The number of para-hydroxylation sites is 1. The number of furan rings is 1. The van der Waals surface area contributed by atoms with Gasteiger partial charge in [0.1, 0.15) is 23.9 Å². The molecule has 0 bridgehead atoms. The average molecular weight is 484 g/mol. The minimum atomic E-state index is -1.00. The number of aryl methyl sites for hydroxylation is 1. The number of halogens is 1. The summed E-state index contributed by atoms with van der Waals surface area (Å²) in [5.41, 5.74) is 1.68. The lowest BCUT2D eigenvalue weighted by Gasteiger charge is -2.13. The molecule has 1 aromatic heterocycles. The number of hydrogen-bond acceptors (Lipinski definition) is 6. The maximum Gasteiger partial charge on any atom is 0.335 e. The van der Waals surface area contributed by atoms with Gasteiger partial charge in [0.2, 0.25) is 0 Å². The highest BCUT2D eigenvalue weighted by Gasteiger charge is 2.35. The zero-order chi connectivity index (χ0) is 23.5. The van der Waals surface area contributed by atoms with E-state index in [0.717, 1.165) is 27.8 Å². The Morgan fingerprint density at radius 1 is 1.18 bits per heavy atom. The van der Waals surface area contributed by atoms with E-state index in [1.54, 1.807) is 55.5 Å². The molecule has 0 unspecified atom stereocenters. The molecule has 2 heterocycles. The van der Waals surface area contributed by atoms with Gasteiger partial charge in [-0.3, -0.25) is 14.5 Å². The van der Waals surface area contributed by atoms with Crippen molar-refractivity contribution >= 4 is 46.6 Å². The Morgan fingerprint density at radius 3 is 2.70 bits per heavy atom. The van der Waals surface area contributed by atoms with Gasteiger partial charge in [0, 0.05) is 11.6 Å². The topological polar surface area (TPSA) is 97.0 Å². The number of rotatable bonds is 7. The lowest BCUT2D eigenvalue weighted by Crippen LogP contribution is -2.32. The van der Waals surface area contributed by atoms with Crippen molar-refractivity contribution in [3.63, 3.8) is 0 Å². The minimum Gasteiger partial charge on any atom is -0.490 e. The Labute approximate surface area is 198 Å². The molecule has 1 aliphatic rings. The van der Waals surface area contributed by atoms with Crippen LogP contribution in [0.3, 0.4) is 0 Å². The Morgan fingerprint density at radius 2 is 1.97 bits per heavy atom. The molecule has 2 amide bonds. The van der Waals surface area contributed by atoms with Gasteiger partial charge in [-0.05, 0) is 60.6 Å². The summed E-state index contributed by atoms with van der Waals surface area (Å²) in [6.07, 6.45) is 1.52. The number of hydrogen-bond donors (Lipinski definition) is 1. The molecule has 9 heteroatoms. The van der Waals surface area contributed by atoms with Crippen molar-refractivity contribution in [2.75, 3.05) is 13.2 Å². The number of nitrogens with zero attached hydrogens (tertiary/aromatic N) is 1. The van der Waals surface area contributed by atoms with Gasteiger partial charge in [-0.2, -0.15) is 0 Å². The van der Waals surface area contributed by atoms with Crippen molar-refractivity contribution < 1.29 is 28.6 Å². The summed E-state index contributed by atoms with van der Waals surface area (Å²) >= 11 is 6.88. The van der Waals surface area contributed by atoms with E-state index < -0.39 is 11.9 Å². The molecule has 0 aliphatic carbocycles. The largest absolute Gasteiger partial charge is 0.490 e. The summed E-state index contributed by atoms with van der Waals surface area (Å²) in [5.74, 6) is -0.00506. The molecular formula is C24H18ClNO6S. The summed E-state index contributed by atoms with van der Waals surface area (Å²) in [6, 6.07) is 15.1. The van der Waals surface area contributed by atoms with E-state index >= 15 is 0 Å². The Kier molecular flexibility index (Phi) is 6.57. The number of carbonyl (C=O) groups is 3.